The molecule has 1 amide bonds. The standard InChI is InChI=1S/C23H28Cl2N2O3S/c1-4-21(27(31(3,29)30)22-14-19(24)11-12-20(22)25)23(28)26-15(2)17-10-9-16-7-5-6-8-18(16)13-17/h9-15,21H,4-8H2,1-3H3,(H,26,28)/t15-,21-/m1/s1. The van der Waals surface area contributed by atoms with Crippen LogP contribution in [0.4, 0.5) is 5.69 Å². The van der Waals surface area contributed by atoms with Crippen LogP contribution in [-0.4, -0.2) is 26.6 Å². The van der Waals surface area contributed by atoms with Gasteiger partial charge in [-0.2, -0.15) is 0 Å². The molecule has 0 bridgehead atoms. The lowest BCUT2D eigenvalue weighted by Crippen LogP contribution is -2.49. The van der Waals surface area contributed by atoms with E-state index < -0.39 is 16.1 Å². The number of rotatable bonds is 7. The van der Waals surface area contributed by atoms with Gasteiger partial charge in [0.1, 0.15) is 6.04 Å². The Morgan fingerprint density at radius 3 is 2.42 bits per heavy atom. The zero-order chi connectivity index (χ0) is 22.8. The fraction of sp³-hybridized carbons (Fsp3) is 0.435. The summed E-state index contributed by atoms with van der Waals surface area (Å²) >= 11 is 12.4. The molecular weight excluding hydrogens is 455 g/mol. The van der Waals surface area contributed by atoms with E-state index in [2.05, 4.69) is 17.4 Å². The Balaban J connectivity index is 1.87. The molecule has 0 unspecified atom stereocenters. The van der Waals surface area contributed by atoms with Gasteiger partial charge >= 0.3 is 0 Å². The Morgan fingerprint density at radius 2 is 1.77 bits per heavy atom. The molecule has 0 saturated carbocycles. The number of nitrogens with one attached hydrogen (secondary N) is 1. The molecule has 2 aromatic rings. The van der Waals surface area contributed by atoms with Gasteiger partial charge in [-0.15, -0.1) is 0 Å². The van der Waals surface area contributed by atoms with Gasteiger partial charge in [0.05, 0.1) is 23.0 Å². The topological polar surface area (TPSA) is 66.5 Å². The van der Waals surface area contributed by atoms with Crippen LogP contribution >= 0.6 is 23.2 Å². The van der Waals surface area contributed by atoms with Crippen LogP contribution in [0.25, 0.3) is 0 Å². The number of hydrogen-bond donors (Lipinski definition) is 1. The number of amides is 1. The van der Waals surface area contributed by atoms with Crippen LogP contribution in [-0.2, 0) is 27.7 Å². The third-order valence-electron chi connectivity index (χ3n) is 5.71. The zero-order valence-electron chi connectivity index (χ0n) is 18.0. The van der Waals surface area contributed by atoms with E-state index in [1.807, 2.05) is 13.0 Å². The smallest absolute Gasteiger partial charge is 0.244 e. The van der Waals surface area contributed by atoms with E-state index in [1.54, 1.807) is 13.0 Å². The summed E-state index contributed by atoms with van der Waals surface area (Å²) in [5.41, 5.74) is 3.91. The lowest BCUT2D eigenvalue weighted by molar-refractivity contribution is -0.122. The Hall–Kier alpha value is -1.76. The highest BCUT2D eigenvalue weighted by Gasteiger charge is 2.33. The van der Waals surface area contributed by atoms with Crippen LogP contribution in [0.5, 0.6) is 0 Å². The summed E-state index contributed by atoms with van der Waals surface area (Å²) in [6, 6.07) is 9.69. The predicted molar refractivity (Wildman–Crippen MR) is 128 cm³/mol. The molecule has 0 aliphatic heterocycles. The van der Waals surface area contributed by atoms with Gasteiger partial charge in [-0.3, -0.25) is 9.10 Å². The molecule has 0 heterocycles. The fourth-order valence-electron chi connectivity index (χ4n) is 4.11. The van der Waals surface area contributed by atoms with Crippen LogP contribution < -0.4 is 9.62 Å². The van der Waals surface area contributed by atoms with Crippen LogP contribution in [0.3, 0.4) is 0 Å². The van der Waals surface area contributed by atoms with Crippen LogP contribution in [0.2, 0.25) is 10.0 Å². The van der Waals surface area contributed by atoms with E-state index >= 15 is 0 Å². The molecule has 0 spiro atoms. The molecular formula is C23H28Cl2N2O3S. The maximum absolute atomic E-state index is 13.2. The summed E-state index contributed by atoms with van der Waals surface area (Å²) in [6.07, 6.45) is 5.88. The molecule has 1 aliphatic carbocycles. The predicted octanol–water partition coefficient (Wildman–Crippen LogP) is 5.29. The van der Waals surface area contributed by atoms with Crippen LogP contribution in [0, 0.1) is 0 Å². The first kappa shape index (κ1) is 23.9. The van der Waals surface area contributed by atoms with Crippen molar-refractivity contribution in [3.8, 4) is 0 Å². The molecule has 8 heteroatoms. The lowest BCUT2D eigenvalue weighted by atomic mass is 9.89. The maximum atomic E-state index is 13.2. The van der Waals surface area contributed by atoms with Crippen molar-refractivity contribution in [1.29, 1.82) is 0 Å². The lowest BCUT2D eigenvalue weighted by Gasteiger charge is -2.32. The molecule has 0 saturated heterocycles. The van der Waals surface area contributed by atoms with E-state index in [4.69, 9.17) is 23.2 Å². The van der Waals surface area contributed by atoms with Crippen molar-refractivity contribution in [2.24, 2.45) is 0 Å². The number of sulfonamides is 1. The SMILES string of the molecule is CC[C@H](C(=O)N[C@H](C)c1ccc2c(c1)CCCC2)N(c1cc(Cl)ccc1Cl)S(C)(=O)=O. The van der Waals surface area contributed by atoms with E-state index in [-0.39, 0.29) is 29.1 Å². The third kappa shape index (κ3) is 5.54. The summed E-state index contributed by atoms with van der Waals surface area (Å²) in [5, 5.41) is 3.54. The second-order valence-corrected chi connectivity index (χ2v) is 10.7. The van der Waals surface area contributed by atoms with Gasteiger partial charge in [-0.05, 0) is 73.9 Å². The van der Waals surface area contributed by atoms with Gasteiger partial charge in [-0.1, -0.05) is 48.3 Å². The normalized spacial score (nSPS) is 15.6. The average Bonchev–Trinajstić information content (AvgIpc) is 2.72. The molecule has 5 nitrogen and oxygen atoms in total. The average molecular weight is 483 g/mol. The summed E-state index contributed by atoms with van der Waals surface area (Å²) in [4.78, 5) is 13.2. The van der Waals surface area contributed by atoms with Gasteiger partial charge in [-0.25, -0.2) is 8.42 Å². The zero-order valence-corrected chi connectivity index (χ0v) is 20.3. The van der Waals surface area contributed by atoms with Crippen molar-refractivity contribution in [1.82, 2.24) is 5.32 Å². The minimum atomic E-state index is -3.80. The molecule has 2 aromatic carbocycles. The Bertz CT molecular complexity index is 1070. The quantitative estimate of drug-likeness (QED) is 0.582. The van der Waals surface area contributed by atoms with Crippen LogP contribution in [0.1, 0.15) is 55.8 Å². The molecule has 3 rings (SSSR count). The van der Waals surface area contributed by atoms with Crippen molar-refractivity contribution in [3.05, 3.63) is 63.1 Å². The van der Waals surface area contributed by atoms with E-state index in [0.717, 1.165) is 29.0 Å². The van der Waals surface area contributed by atoms with Gasteiger partial charge in [0, 0.05) is 5.02 Å². The monoisotopic (exact) mass is 482 g/mol. The molecule has 1 N–H and O–H groups in total. The molecule has 2 atom stereocenters. The number of anilines is 1. The van der Waals surface area contributed by atoms with E-state index in [1.165, 1.54) is 36.1 Å². The second-order valence-electron chi connectivity index (χ2n) is 8.04. The molecule has 31 heavy (non-hydrogen) atoms. The second kappa shape index (κ2) is 9.80. The highest BCUT2D eigenvalue weighted by Crippen LogP contribution is 2.33. The Morgan fingerprint density at radius 1 is 1.10 bits per heavy atom. The number of halogens is 2. The summed E-state index contributed by atoms with van der Waals surface area (Å²) < 4.78 is 26.4. The minimum absolute atomic E-state index is 0.195. The number of aryl methyl sites for hydroxylation is 2. The third-order valence-corrected chi connectivity index (χ3v) is 7.43. The molecule has 0 aromatic heterocycles. The Kier molecular flexibility index (Phi) is 7.55. The van der Waals surface area contributed by atoms with Crippen molar-refractivity contribution < 1.29 is 13.2 Å². The fourth-order valence-corrected chi connectivity index (χ4v) is 5.75. The summed E-state index contributed by atoms with van der Waals surface area (Å²) in [5.74, 6) is -0.380. The first-order valence-electron chi connectivity index (χ1n) is 10.5. The van der Waals surface area contributed by atoms with Gasteiger partial charge in [0.15, 0.2) is 0 Å². The van der Waals surface area contributed by atoms with Crippen molar-refractivity contribution >= 4 is 44.8 Å². The van der Waals surface area contributed by atoms with Crippen molar-refractivity contribution in [2.75, 3.05) is 10.6 Å². The van der Waals surface area contributed by atoms with E-state index in [9.17, 15) is 13.2 Å². The van der Waals surface area contributed by atoms with Crippen molar-refractivity contribution in [3.63, 3.8) is 0 Å². The van der Waals surface area contributed by atoms with Crippen molar-refractivity contribution in [2.45, 2.75) is 58.0 Å². The maximum Gasteiger partial charge on any atom is 0.244 e. The number of hydrogen-bond acceptors (Lipinski definition) is 3. The van der Waals surface area contributed by atoms with Gasteiger partial charge in [0.25, 0.3) is 0 Å². The number of fused-ring (bicyclic) bond motifs is 1. The van der Waals surface area contributed by atoms with Gasteiger partial charge in [0.2, 0.25) is 15.9 Å². The highest BCUT2D eigenvalue weighted by molar-refractivity contribution is 7.92. The molecule has 168 valence electrons. The number of benzene rings is 2. The molecule has 0 radical (unpaired) electrons. The summed E-state index contributed by atoms with van der Waals surface area (Å²) in [7, 11) is -3.80. The molecule has 1 aliphatic rings. The van der Waals surface area contributed by atoms with E-state index in [0.29, 0.717) is 5.02 Å². The first-order valence-corrected chi connectivity index (χ1v) is 13.1. The highest BCUT2D eigenvalue weighted by atomic mass is 35.5. The first-order chi connectivity index (χ1) is 14.6. The van der Waals surface area contributed by atoms with Gasteiger partial charge < -0.3 is 5.32 Å². The van der Waals surface area contributed by atoms with Crippen LogP contribution in [0.15, 0.2) is 36.4 Å². The number of carbonyl (C=O) groups excluding carboxylic acids is 1. The minimum Gasteiger partial charge on any atom is -0.348 e. The Labute approximate surface area is 194 Å². The number of nitrogens with zero attached hydrogens (tertiary/aromatic N) is 1. The molecule has 0 fully saturated rings. The number of carbonyl (C=O) groups is 1. The largest absolute Gasteiger partial charge is 0.348 e. The summed E-state index contributed by atoms with van der Waals surface area (Å²) in [6.45, 7) is 3.68.